The average molecular weight is 260 g/mol. The summed E-state index contributed by atoms with van der Waals surface area (Å²) in [7, 11) is -3.47. The molecule has 0 aliphatic heterocycles. The van der Waals surface area contributed by atoms with Gasteiger partial charge >= 0.3 is 5.97 Å². The van der Waals surface area contributed by atoms with Crippen LogP contribution in [0.4, 0.5) is 4.39 Å². The van der Waals surface area contributed by atoms with Gasteiger partial charge in [-0.05, 0) is 19.1 Å². The first-order valence-electron chi connectivity index (χ1n) is 4.97. The van der Waals surface area contributed by atoms with E-state index in [1.807, 2.05) is 0 Å². The van der Waals surface area contributed by atoms with Gasteiger partial charge in [-0.3, -0.25) is 0 Å². The molecular weight excluding hydrogens is 247 g/mol. The zero-order chi connectivity index (χ0) is 13.3. The molecule has 1 N–H and O–H groups in total. The topological polar surface area (TPSA) is 71.4 Å². The Labute approximate surface area is 99.0 Å². The number of benzene rings is 1. The van der Waals surface area contributed by atoms with Gasteiger partial charge in [-0.15, -0.1) is 0 Å². The summed E-state index contributed by atoms with van der Waals surface area (Å²) in [5.41, 5.74) is -2.78. The SMILES string of the molecule is CCS(=O)(=O)c1cccc(C(C)(F)C(=O)O)c1. The second kappa shape index (κ2) is 4.44. The fourth-order valence-electron chi connectivity index (χ4n) is 1.27. The van der Waals surface area contributed by atoms with Crippen LogP contribution in [0.1, 0.15) is 19.4 Å². The lowest BCUT2D eigenvalue weighted by molar-refractivity contribution is -0.150. The van der Waals surface area contributed by atoms with E-state index in [2.05, 4.69) is 0 Å². The molecule has 1 aromatic rings. The van der Waals surface area contributed by atoms with Crippen LogP contribution in [0.3, 0.4) is 0 Å². The fourth-order valence-corrected chi connectivity index (χ4v) is 2.20. The van der Waals surface area contributed by atoms with Crippen LogP contribution in [0.25, 0.3) is 0 Å². The van der Waals surface area contributed by atoms with E-state index < -0.39 is 21.5 Å². The summed E-state index contributed by atoms with van der Waals surface area (Å²) in [6.45, 7) is 2.35. The molecule has 0 amide bonds. The zero-order valence-electron chi connectivity index (χ0n) is 9.47. The predicted molar refractivity (Wildman–Crippen MR) is 60.3 cm³/mol. The van der Waals surface area contributed by atoms with Crippen molar-refractivity contribution in [3.05, 3.63) is 29.8 Å². The quantitative estimate of drug-likeness (QED) is 0.895. The van der Waals surface area contributed by atoms with Crippen LogP contribution in [0.2, 0.25) is 0 Å². The van der Waals surface area contributed by atoms with E-state index in [0.29, 0.717) is 0 Å². The summed E-state index contributed by atoms with van der Waals surface area (Å²) in [6.07, 6.45) is 0. The van der Waals surface area contributed by atoms with Crippen LogP contribution >= 0.6 is 0 Å². The molecule has 0 radical (unpaired) electrons. The highest BCUT2D eigenvalue weighted by Gasteiger charge is 2.35. The minimum atomic E-state index is -3.47. The first-order valence-corrected chi connectivity index (χ1v) is 6.62. The Hall–Kier alpha value is -1.43. The number of aliphatic carboxylic acids is 1. The molecule has 0 heterocycles. The summed E-state index contributed by atoms with van der Waals surface area (Å²) < 4.78 is 37.0. The third-order valence-corrected chi connectivity index (χ3v) is 4.25. The molecule has 94 valence electrons. The standard InChI is InChI=1S/C11H13FO4S/c1-3-17(15,16)9-6-4-5-8(7-9)11(2,12)10(13)14/h4-7H,3H2,1-2H3,(H,13,14). The van der Waals surface area contributed by atoms with Crippen molar-refractivity contribution in [3.63, 3.8) is 0 Å². The minimum absolute atomic E-state index is 0.0670. The minimum Gasteiger partial charge on any atom is -0.479 e. The molecule has 1 rings (SSSR count). The number of alkyl halides is 1. The molecule has 0 aliphatic carbocycles. The maximum atomic E-state index is 13.8. The fraction of sp³-hybridized carbons (Fsp3) is 0.364. The lowest BCUT2D eigenvalue weighted by Gasteiger charge is -2.16. The highest BCUT2D eigenvalue weighted by atomic mass is 32.2. The molecule has 0 aromatic heterocycles. The number of hydrogen-bond acceptors (Lipinski definition) is 3. The summed E-state index contributed by atoms with van der Waals surface area (Å²) in [5, 5.41) is 8.72. The summed E-state index contributed by atoms with van der Waals surface area (Å²) in [6, 6.07) is 4.97. The Morgan fingerprint density at radius 3 is 2.53 bits per heavy atom. The van der Waals surface area contributed by atoms with Crippen molar-refractivity contribution >= 4 is 15.8 Å². The smallest absolute Gasteiger partial charge is 0.345 e. The van der Waals surface area contributed by atoms with E-state index in [0.717, 1.165) is 13.0 Å². The molecular formula is C11H13FO4S. The van der Waals surface area contributed by atoms with Crippen molar-refractivity contribution in [2.45, 2.75) is 24.4 Å². The van der Waals surface area contributed by atoms with Gasteiger partial charge in [-0.2, -0.15) is 0 Å². The van der Waals surface area contributed by atoms with Gasteiger partial charge in [0.2, 0.25) is 5.67 Å². The van der Waals surface area contributed by atoms with Gasteiger partial charge in [0.05, 0.1) is 10.6 Å². The number of carboxylic acid groups (broad SMARTS) is 1. The van der Waals surface area contributed by atoms with Gasteiger partial charge in [0.15, 0.2) is 9.84 Å². The van der Waals surface area contributed by atoms with E-state index in [4.69, 9.17) is 5.11 Å². The van der Waals surface area contributed by atoms with Crippen molar-refractivity contribution in [1.29, 1.82) is 0 Å². The summed E-state index contributed by atoms with van der Waals surface area (Å²) in [4.78, 5) is 10.7. The molecule has 4 nitrogen and oxygen atoms in total. The highest BCUT2D eigenvalue weighted by Crippen LogP contribution is 2.27. The zero-order valence-corrected chi connectivity index (χ0v) is 10.3. The predicted octanol–water partition coefficient (Wildman–Crippen LogP) is 1.75. The van der Waals surface area contributed by atoms with E-state index >= 15 is 0 Å². The van der Waals surface area contributed by atoms with Gasteiger partial charge in [-0.25, -0.2) is 17.6 Å². The Morgan fingerprint density at radius 2 is 2.06 bits per heavy atom. The number of carboxylic acids is 1. The van der Waals surface area contributed by atoms with Crippen molar-refractivity contribution in [1.82, 2.24) is 0 Å². The normalized spacial score (nSPS) is 15.2. The first-order chi connectivity index (χ1) is 7.71. The molecule has 17 heavy (non-hydrogen) atoms. The van der Waals surface area contributed by atoms with Crippen molar-refractivity contribution in [2.24, 2.45) is 0 Å². The van der Waals surface area contributed by atoms with Gasteiger partial charge < -0.3 is 5.11 Å². The van der Waals surface area contributed by atoms with Crippen molar-refractivity contribution < 1.29 is 22.7 Å². The Bertz CT molecular complexity index is 534. The number of hydrogen-bond donors (Lipinski definition) is 1. The van der Waals surface area contributed by atoms with Gasteiger partial charge in [0.1, 0.15) is 0 Å². The number of carbonyl (C=O) groups is 1. The van der Waals surface area contributed by atoms with Crippen LogP contribution in [0.15, 0.2) is 29.2 Å². The van der Waals surface area contributed by atoms with E-state index in [-0.39, 0.29) is 16.2 Å². The lowest BCUT2D eigenvalue weighted by atomic mass is 9.98. The molecule has 6 heteroatoms. The lowest BCUT2D eigenvalue weighted by Crippen LogP contribution is -2.27. The monoisotopic (exact) mass is 260 g/mol. The van der Waals surface area contributed by atoms with Crippen LogP contribution in [0, 0.1) is 0 Å². The average Bonchev–Trinajstić information content (AvgIpc) is 2.29. The third-order valence-electron chi connectivity index (χ3n) is 2.52. The molecule has 0 aliphatic rings. The van der Waals surface area contributed by atoms with E-state index in [1.54, 1.807) is 0 Å². The molecule has 0 spiro atoms. The molecule has 0 bridgehead atoms. The maximum Gasteiger partial charge on any atom is 0.345 e. The second-order valence-corrected chi connectivity index (χ2v) is 6.02. The molecule has 1 atom stereocenters. The van der Waals surface area contributed by atoms with Gasteiger partial charge in [0.25, 0.3) is 0 Å². The number of halogens is 1. The molecule has 1 unspecified atom stereocenters. The van der Waals surface area contributed by atoms with Crippen LogP contribution < -0.4 is 0 Å². The Kier molecular flexibility index (Phi) is 3.56. The maximum absolute atomic E-state index is 13.8. The largest absolute Gasteiger partial charge is 0.479 e. The second-order valence-electron chi connectivity index (χ2n) is 3.74. The van der Waals surface area contributed by atoms with Gasteiger partial charge in [0, 0.05) is 5.56 Å². The summed E-state index contributed by atoms with van der Waals surface area (Å²) >= 11 is 0. The molecule has 1 aromatic carbocycles. The van der Waals surface area contributed by atoms with Crippen molar-refractivity contribution in [3.8, 4) is 0 Å². The summed E-state index contributed by atoms with van der Waals surface area (Å²) in [5.74, 6) is -1.77. The van der Waals surface area contributed by atoms with Crippen molar-refractivity contribution in [2.75, 3.05) is 5.75 Å². The highest BCUT2D eigenvalue weighted by molar-refractivity contribution is 7.91. The molecule has 0 fully saturated rings. The van der Waals surface area contributed by atoms with E-state index in [9.17, 15) is 17.6 Å². The van der Waals surface area contributed by atoms with Crippen LogP contribution in [0.5, 0.6) is 0 Å². The Balaban J connectivity index is 3.33. The van der Waals surface area contributed by atoms with E-state index in [1.165, 1.54) is 25.1 Å². The first kappa shape index (κ1) is 13.6. The Morgan fingerprint density at radius 1 is 1.47 bits per heavy atom. The third kappa shape index (κ3) is 2.63. The van der Waals surface area contributed by atoms with Crippen LogP contribution in [-0.4, -0.2) is 25.2 Å². The van der Waals surface area contributed by atoms with Crippen LogP contribution in [-0.2, 0) is 20.3 Å². The number of rotatable bonds is 4. The molecule has 0 saturated carbocycles. The number of sulfone groups is 1. The molecule has 0 saturated heterocycles. The van der Waals surface area contributed by atoms with Gasteiger partial charge in [-0.1, -0.05) is 19.1 Å².